The van der Waals surface area contributed by atoms with Crippen molar-refractivity contribution in [3.8, 4) is 22.3 Å². The van der Waals surface area contributed by atoms with Gasteiger partial charge in [0.05, 0.1) is 27.2 Å². The second kappa shape index (κ2) is 12.9. The first kappa shape index (κ1) is 33.0. The monoisotopic (exact) mass is 756 g/mol. The Bertz CT molecular complexity index is 3140. The quantitative estimate of drug-likeness (QED) is 0.173. The molecule has 3 heteroatoms. The van der Waals surface area contributed by atoms with E-state index in [4.69, 9.17) is 0 Å². The Balaban J connectivity index is 1.11. The van der Waals surface area contributed by atoms with Gasteiger partial charge in [-0.25, -0.2) is 0 Å². The highest BCUT2D eigenvalue weighted by molar-refractivity contribution is 7.26. The van der Waals surface area contributed by atoms with Gasteiger partial charge in [-0.2, -0.15) is 0 Å². The van der Waals surface area contributed by atoms with Crippen LogP contribution in [0.25, 0.3) is 42.4 Å². The summed E-state index contributed by atoms with van der Waals surface area (Å²) >= 11 is 1.87. The number of rotatable bonds is 5. The first-order valence-electron chi connectivity index (χ1n) is 19.9. The molecule has 0 saturated carbocycles. The minimum Gasteiger partial charge on any atom is -0.310 e. The SMILES string of the molecule is c1ccc(-c2ccc(N(c3ccc4c(c3)-c3ccccc3C43c4ccccc4N(c4ccccc4)c4ccccc43)c3cccc4c3sc3ccccc34)cc2)cc1. The predicted octanol–water partition coefficient (Wildman–Crippen LogP) is 15.3. The van der Waals surface area contributed by atoms with Gasteiger partial charge in [-0.05, 0) is 105 Å². The van der Waals surface area contributed by atoms with Crippen LogP contribution in [0.15, 0.2) is 218 Å². The van der Waals surface area contributed by atoms with Crippen molar-refractivity contribution in [2.75, 3.05) is 9.80 Å². The van der Waals surface area contributed by atoms with Crippen LogP contribution in [-0.4, -0.2) is 0 Å². The van der Waals surface area contributed by atoms with E-state index in [0.717, 1.165) is 17.1 Å². The third-order valence-electron chi connectivity index (χ3n) is 12.3. The Morgan fingerprint density at radius 1 is 0.397 bits per heavy atom. The third-order valence-corrected chi connectivity index (χ3v) is 13.5. The second-order valence-electron chi connectivity index (χ2n) is 15.2. The smallest absolute Gasteiger partial charge is 0.0754 e. The van der Waals surface area contributed by atoms with Crippen molar-refractivity contribution < 1.29 is 0 Å². The number of benzene rings is 9. The van der Waals surface area contributed by atoms with Gasteiger partial charge in [-0.15, -0.1) is 11.3 Å². The van der Waals surface area contributed by atoms with E-state index in [1.165, 1.54) is 81.7 Å². The van der Waals surface area contributed by atoms with Crippen LogP contribution in [0.4, 0.5) is 34.1 Å². The minimum absolute atomic E-state index is 0.503. The second-order valence-corrected chi connectivity index (χ2v) is 16.3. The molecule has 1 spiro atoms. The van der Waals surface area contributed by atoms with Crippen molar-refractivity contribution >= 4 is 65.6 Å². The Morgan fingerprint density at radius 3 is 1.72 bits per heavy atom. The number of hydrogen-bond donors (Lipinski definition) is 0. The molecule has 12 rings (SSSR count). The van der Waals surface area contributed by atoms with E-state index in [1.54, 1.807) is 0 Å². The number of fused-ring (bicyclic) bond motifs is 12. The maximum absolute atomic E-state index is 2.47. The molecule has 2 heterocycles. The molecule has 0 bridgehead atoms. The Hall–Kier alpha value is -7.20. The van der Waals surface area contributed by atoms with Crippen LogP contribution >= 0.6 is 11.3 Å². The molecule has 0 fully saturated rings. The van der Waals surface area contributed by atoms with Crippen molar-refractivity contribution in [3.63, 3.8) is 0 Å². The lowest BCUT2D eigenvalue weighted by Crippen LogP contribution is -2.36. The van der Waals surface area contributed by atoms with E-state index in [0.29, 0.717) is 0 Å². The Morgan fingerprint density at radius 2 is 0.966 bits per heavy atom. The lowest BCUT2D eigenvalue weighted by molar-refractivity contribution is 0.752. The summed E-state index contributed by atoms with van der Waals surface area (Å²) in [7, 11) is 0. The average Bonchev–Trinajstić information content (AvgIpc) is 3.82. The van der Waals surface area contributed by atoms with Gasteiger partial charge in [-0.1, -0.05) is 158 Å². The molecular formula is C55H36N2S. The molecule has 0 N–H and O–H groups in total. The van der Waals surface area contributed by atoms with Crippen molar-refractivity contribution in [1.29, 1.82) is 0 Å². The lowest BCUT2D eigenvalue weighted by Gasteiger charge is -2.45. The summed E-state index contributed by atoms with van der Waals surface area (Å²) in [5.41, 5.74) is 16.7. The molecule has 1 aliphatic heterocycles. The van der Waals surface area contributed by atoms with Crippen LogP contribution in [0.1, 0.15) is 22.3 Å². The standard InChI is InChI=1S/C55H36N2S/c1-3-16-37(17-4-1)38-30-32-40(33-31-38)56(52-28-15-22-44-43-21-8-14-29-53(43)58-54(44)52)41-34-35-47-45(36-41)42-20-7-9-23-46(42)55(47)48-24-10-12-26-50(48)57(39-18-5-2-6-19-39)51-27-13-11-25-49(51)55/h1-36H. The summed E-state index contributed by atoms with van der Waals surface area (Å²) in [5.74, 6) is 0. The topological polar surface area (TPSA) is 6.48 Å². The molecule has 0 atom stereocenters. The molecule has 2 nitrogen and oxygen atoms in total. The summed E-state index contributed by atoms with van der Waals surface area (Å²) in [6.45, 7) is 0. The Kier molecular flexibility index (Phi) is 7.35. The van der Waals surface area contributed by atoms with Gasteiger partial charge >= 0.3 is 0 Å². The summed E-state index contributed by atoms with van der Waals surface area (Å²) in [4.78, 5) is 4.91. The molecule has 58 heavy (non-hydrogen) atoms. The van der Waals surface area contributed by atoms with Crippen molar-refractivity contribution in [2.24, 2.45) is 0 Å². The fourth-order valence-electron chi connectivity index (χ4n) is 9.86. The van der Waals surface area contributed by atoms with Crippen LogP contribution in [0.2, 0.25) is 0 Å². The zero-order chi connectivity index (χ0) is 38.2. The average molecular weight is 757 g/mol. The number of anilines is 6. The molecule has 0 unspecified atom stereocenters. The zero-order valence-electron chi connectivity index (χ0n) is 31.6. The third kappa shape index (κ3) is 4.71. The highest BCUT2D eigenvalue weighted by Crippen LogP contribution is 2.64. The molecule has 1 aliphatic carbocycles. The van der Waals surface area contributed by atoms with Crippen LogP contribution in [0, 0.1) is 0 Å². The van der Waals surface area contributed by atoms with Gasteiger partial charge in [0.25, 0.3) is 0 Å². The van der Waals surface area contributed by atoms with Gasteiger partial charge < -0.3 is 9.80 Å². The first-order chi connectivity index (χ1) is 28.8. The van der Waals surface area contributed by atoms with Crippen molar-refractivity contribution in [1.82, 2.24) is 0 Å². The zero-order valence-corrected chi connectivity index (χ0v) is 32.4. The molecule has 1 aromatic heterocycles. The van der Waals surface area contributed by atoms with Crippen LogP contribution in [-0.2, 0) is 5.41 Å². The lowest BCUT2D eigenvalue weighted by atomic mass is 9.64. The van der Waals surface area contributed by atoms with Gasteiger partial charge in [0.1, 0.15) is 0 Å². The molecule has 272 valence electrons. The van der Waals surface area contributed by atoms with Crippen molar-refractivity contribution in [3.05, 3.63) is 241 Å². The molecular weight excluding hydrogens is 721 g/mol. The predicted molar refractivity (Wildman–Crippen MR) is 245 cm³/mol. The first-order valence-corrected chi connectivity index (χ1v) is 20.8. The number of thiophene rings is 1. The largest absolute Gasteiger partial charge is 0.310 e. The van der Waals surface area contributed by atoms with Gasteiger partial charge in [0.15, 0.2) is 0 Å². The fraction of sp³-hybridized carbons (Fsp3) is 0.0182. The summed E-state index contributed by atoms with van der Waals surface area (Å²) < 4.78 is 2.58. The summed E-state index contributed by atoms with van der Waals surface area (Å²) in [6, 6.07) is 80.5. The summed E-state index contributed by atoms with van der Waals surface area (Å²) in [6.07, 6.45) is 0. The normalized spacial score (nSPS) is 13.3. The van der Waals surface area contributed by atoms with E-state index >= 15 is 0 Å². The van der Waals surface area contributed by atoms with E-state index in [1.807, 2.05) is 11.3 Å². The molecule has 9 aromatic carbocycles. The van der Waals surface area contributed by atoms with Crippen LogP contribution in [0.3, 0.4) is 0 Å². The van der Waals surface area contributed by atoms with E-state index in [-0.39, 0.29) is 0 Å². The van der Waals surface area contributed by atoms with Gasteiger partial charge in [-0.3, -0.25) is 0 Å². The maximum atomic E-state index is 2.47. The molecule has 0 saturated heterocycles. The molecule has 0 radical (unpaired) electrons. The number of hydrogen-bond acceptors (Lipinski definition) is 3. The Labute approximate surface area is 342 Å². The van der Waals surface area contributed by atoms with Gasteiger partial charge in [0, 0.05) is 32.5 Å². The highest BCUT2D eigenvalue weighted by atomic mass is 32.1. The van der Waals surface area contributed by atoms with E-state index in [9.17, 15) is 0 Å². The summed E-state index contributed by atoms with van der Waals surface area (Å²) in [5, 5.41) is 2.58. The van der Waals surface area contributed by atoms with Gasteiger partial charge in [0.2, 0.25) is 0 Å². The van der Waals surface area contributed by atoms with Crippen LogP contribution < -0.4 is 9.80 Å². The molecule has 10 aromatic rings. The van der Waals surface area contributed by atoms with E-state index in [2.05, 4.69) is 228 Å². The molecule has 2 aliphatic rings. The van der Waals surface area contributed by atoms with Crippen LogP contribution in [0.5, 0.6) is 0 Å². The van der Waals surface area contributed by atoms with Crippen molar-refractivity contribution in [2.45, 2.75) is 5.41 Å². The minimum atomic E-state index is -0.503. The van der Waals surface area contributed by atoms with E-state index < -0.39 is 5.41 Å². The fourth-order valence-corrected chi connectivity index (χ4v) is 11.1. The number of para-hydroxylation sites is 3. The number of nitrogens with zero attached hydrogens (tertiary/aromatic N) is 2. The molecule has 0 amide bonds. The maximum Gasteiger partial charge on any atom is 0.0754 e. The highest BCUT2D eigenvalue weighted by Gasteiger charge is 2.51.